The van der Waals surface area contributed by atoms with Crippen molar-refractivity contribution in [2.24, 2.45) is 0 Å². The molecule has 0 radical (unpaired) electrons. The van der Waals surface area contributed by atoms with E-state index in [4.69, 9.17) is 20.9 Å². The molecule has 1 unspecified atom stereocenters. The highest BCUT2D eigenvalue weighted by Gasteiger charge is 2.49. The van der Waals surface area contributed by atoms with E-state index in [0.717, 1.165) is 25.8 Å². The molecule has 228 valence electrons. The van der Waals surface area contributed by atoms with E-state index in [1.54, 1.807) is 0 Å². The van der Waals surface area contributed by atoms with Gasteiger partial charge in [0.25, 0.3) is 0 Å². The molecule has 2 aromatic carbocycles. The second-order valence-electron chi connectivity index (χ2n) is 12.0. The van der Waals surface area contributed by atoms with Gasteiger partial charge in [-0.2, -0.15) is 9.97 Å². The van der Waals surface area contributed by atoms with Crippen LogP contribution >= 0.6 is 0 Å². The number of terminal acetylenes is 1. The molecule has 4 aromatic rings. The number of fused-ring (bicyclic) bond motifs is 3. The molecule has 11 heteroatoms. The summed E-state index contributed by atoms with van der Waals surface area (Å²) in [5, 5.41) is 11.5. The van der Waals surface area contributed by atoms with Crippen molar-refractivity contribution >= 4 is 27.5 Å². The molecular weight excluding hydrogens is 571 g/mol. The lowest BCUT2D eigenvalue weighted by molar-refractivity contribution is 0.0820. The van der Waals surface area contributed by atoms with Gasteiger partial charge in [0, 0.05) is 49.8 Å². The lowest BCUT2D eigenvalue weighted by atomic mass is 9.95. The predicted octanol–water partition coefficient (Wildman–Crippen LogP) is 5.38. The average Bonchev–Trinajstić information content (AvgIpc) is 3.43. The van der Waals surface area contributed by atoms with Crippen molar-refractivity contribution in [3.8, 4) is 35.4 Å². The van der Waals surface area contributed by atoms with Crippen molar-refractivity contribution < 1.29 is 27.8 Å². The Bertz CT molecular complexity index is 1810. The number of pyridine rings is 1. The van der Waals surface area contributed by atoms with Gasteiger partial charge in [-0.3, -0.25) is 9.88 Å². The van der Waals surface area contributed by atoms with Gasteiger partial charge in [0.05, 0.1) is 22.6 Å². The fourth-order valence-electron chi connectivity index (χ4n) is 7.10. The molecule has 3 atom stereocenters. The molecule has 3 aliphatic rings. The van der Waals surface area contributed by atoms with Crippen LogP contribution in [0.25, 0.3) is 32.9 Å². The number of hydrogen-bond acceptors (Lipinski definition) is 8. The Morgan fingerprint density at radius 3 is 2.89 bits per heavy atom. The van der Waals surface area contributed by atoms with Gasteiger partial charge in [-0.15, -0.1) is 6.42 Å². The standard InChI is InChI=1S/C33H32F3N5O3/c1-3-23-26(35)7-6-20-12-22(42)13-24(27(20)23)29-28(36)30-25(15-37-29)31(40-9-5-11-43-19(2)16-40)39-32(38-30)44-18-33-8-4-10-41(33)17-21(34)14-33/h1,6-7,12-13,15,19,21,42H,4-5,8-11,14,16-18H2,2H3/t19?,21-,33+/m1/s1. The number of phenols is 1. The van der Waals surface area contributed by atoms with E-state index in [1.807, 2.05) is 11.8 Å². The van der Waals surface area contributed by atoms with Crippen LogP contribution in [0.2, 0.25) is 0 Å². The normalized spacial score (nSPS) is 24.0. The number of benzene rings is 2. The Kier molecular flexibility index (Phi) is 7.22. The van der Waals surface area contributed by atoms with Crippen LogP contribution in [0.4, 0.5) is 19.0 Å². The first-order valence-electron chi connectivity index (χ1n) is 14.9. The van der Waals surface area contributed by atoms with Gasteiger partial charge in [0.2, 0.25) is 0 Å². The molecule has 1 N–H and O–H groups in total. The van der Waals surface area contributed by atoms with Crippen molar-refractivity contribution in [3.05, 3.63) is 47.7 Å². The fourth-order valence-corrected chi connectivity index (χ4v) is 7.10. The molecule has 3 fully saturated rings. The van der Waals surface area contributed by atoms with Crippen LogP contribution < -0.4 is 9.64 Å². The van der Waals surface area contributed by atoms with Gasteiger partial charge < -0.3 is 19.5 Å². The van der Waals surface area contributed by atoms with E-state index in [9.17, 15) is 13.9 Å². The number of hydrogen-bond donors (Lipinski definition) is 1. The summed E-state index contributed by atoms with van der Waals surface area (Å²) in [6.45, 7) is 5.04. The largest absolute Gasteiger partial charge is 0.508 e. The van der Waals surface area contributed by atoms with Gasteiger partial charge >= 0.3 is 6.01 Å². The first-order valence-corrected chi connectivity index (χ1v) is 14.9. The van der Waals surface area contributed by atoms with Crippen LogP contribution in [-0.4, -0.2) is 82.2 Å². The third-order valence-corrected chi connectivity index (χ3v) is 9.08. The number of aromatic hydroxyl groups is 1. The van der Waals surface area contributed by atoms with E-state index in [1.165, 1.54) is 30.5 Å². The minimum absolute atomic E-state index is 0.0268. The second kappa shape index (κ2) is 11.1. The molecule has 5 heterocycles. The summed E-state index contributed by atoms with van der Waals surface area (Å²) < 4.78 is 57.9. The summed E-state index contributed by atoms with van der Waals surface area (Å²) in [4.78, 5) is 17.9. The summed E-state index contributed by atoms with van der Waals surface area (Å²) >= 11 is 0. The lowest BCUT2D eigenvalue weighted by Gasteiger charge is -2.31. The van der Waals surface area contributed by atoms with E-state index < -0.39 is 23.3 Å². The highest BCUT2D eigenvalue weighted by atomic mass is 19.1. The van der Waals surface area contributed by atoms with Crippen LogP contribution in [0.1, 0.15) is 38.2 Å². The molecule has 3 aliphatic heterocycles. The van der Waals surface area contributed by atoms with Gasteiger partial charge in [-0.05, 0) is 56.3 Å². The first-order chi connectivity index (χ1) is 21.3. The minimum atomic E-state index is -0.925. The van der Waals surface area contributed by atoms with Crippen LogP contribution in [0.5, 0.6) is 11.8 Å². The quantitative estimate of drug-likeness (QED) is 0.305. The van der Waals surface area contributed by atoms with Crippen molar-refractivity contribution in [1.29, 1.82) is 0 Å². The van der Waals surface area contributed by atoms with Crippen LogP contribution in [-0.2, 0) is 4.74 Å². The summed E-state index contributed by atoms with van der Waals surface area (Å²) in [5.74, 6) is 1.22. The minimum Gasteiger partial charge on any atom is -0.508 e. The first kappa shape index (κ1) is 28.6. The number of rotatable bonds is 5. The average molecular weight is 604 g/mol. The van der Waals surface area contributed by atoms with Gasteiger partial charge in [-0.25, -0.2) is 13.2 Å². The SMILES string of the molecule is C#Cc1c(F)ccc2cc(O)cc(-c3ncc4c(N5CCCOC(C)C5)nc(OC[C@@]56CCCN5C[C@H](F)C6)nc4c3F)c12. The molecular formula is C33H32F3N5O3. The van der Waals surface area contributed by atoms with E-state index in [-0.39, 0.29) is 52.2 Å². The molecule has 0 bridgehead atoms. The second-order valence-corrected chi connectivity index (χ2v) is 12.0. The van der Waals surface area contributed by atoms with Crippen LogP contribution in [0.3, 0.4) is 0 Å². The van der Waals surface area contributed by atoms with Crippen LogP contribution in [0, 0.1) is 24.0 Å². The fraction of sp³-hybridized carbons (Fsp3) is 0.424. The topological polar surface area (TPSA) is 83.8 Å². The van der Waals surface area contributed by atoms with Gasteiger partial charge in [-0.1, -0.05) is 12.0 Å². The summed E-state index contributed by atoms with van der Waals surface area (Å²) in [6.07, 6.45) is 8.99. The number of alkyl halides is 1. The Balaban J connectivity index is 1.38. The Labute approximate surface area is 252 Å². The number of halogens is 3. The Morgan fingerprint density at radius 2 is 2.05 bits per heavy atom. The van der Waals surface area contributed by atoms with E-state index in [0.29, 0.717) is 49.3 Å². The molecule has 2 aromatic heterocycles. The zero-order valence-electron chi connectivity index (χ0n) is 24.3. The van der Waals surface area contributed by atoms with Crippen molar-refractivity contribution in [2.45, 2.75) is 50.4 Å². The zero-order chi connectivity index (χ0) is 30.6. The maximum Gasteiger partial charge on any atom is 0.319 e. The molecule has 3 saturated heterocycles. The number of anilines is 1. The Hall–Kier alpha value is -4.14. The van der Waals surface area contributed by atoms with Crippen LogP contribution in [0.15, 0.2) is 30.5 Å². The maximum absolute atomic E-state index is 16.7. The third-order valence-electron chi connectivity index (χ3n) is 9.08. The zero-order valence-corrected chi connectivity index (χ0v) is 24.3. The number of ether oxygens (including phenoxy) is 2. The van der Waals surface area contributed by atoms with E-state index in [2.05, 4.69) is 20.8 Å². The molecule has 0 saturated carbocycles. The lowest BCUT2D eigenvalue weighted by Crippen LogP contribution is -2.43. The van der Waals surface area contributed by atoms with Gasteiger partial charge in [0.15, 0.2) is 5.82 Å². The summed E-state index contributed by atoms with van der Waals surface area (Å²) in [7, 11) is 0. The van der Waals surface area contributed by atoms with E-state index >= 15 is 4.39 Å². The molecule has 0 amide bonds. The highest BCUT2D eigenvalue weighted by molar-refractivity contribution is 6.03. The smallest absolute Gasteiger partial charge is 0.319 e. The number of phenolic OH excluding ortho intramolecular Hbond substituents is 1. The number of nitrogens with zero attached hydrogens (tertiary/aromatic N) is 5. The summed E-state index contributed by atoms with van der Waals surface area (Å²) in [5.41, 5.74) is -0.570. The molecule has 0 aliphatic carbocycles. The molecule has 8 nitrogen and oxygen atoms in total. The highest BCUT2D eigenvalue weighted by Crippen LogP contribution is 2.41. The maximum atomic E-state index is 16.7. The Morgan fingerprint density at radius 1 is 1.18 bits per heavy atom. The third kappa shape index (κ3) is 4.86. The molecule has 0 spiro atoms. The molecule has 44 heavy (non-hydrogen) atoms. The van der Waals surface area contributed by atoms with Crippen molar-refractivity contribution in [3.63, 3.8) is 0 Å². The monoisotopic (exact) mass is 603 g/mol. The van der Waals surface area contributed by atoms with Crippen molar-refractivity contribution in [1.82, 2.24) is 19.9 Å². The number of aromatic nitrogens is 3. The van der Waals surface area contributed by atoms with Crippen molar-refractivity contribution in [2.75, 3.05) is 44.3 Å². The predicted molar refractivity (Wildman–Crippen MR) is 161 cm³/mol. The summed E-state index contributed by atoms with van der Waals surface area (Å²) in [6, 6.07) is 5.40. The molecule has 7 rings (SSSR count). The van der Waals surface area contributed by atoms with Gasteiger partial charge in [0.1, 0.15) is 41.4 Å².